The second-order valence-electron chi connectivity index (χ2n) is 3.62. The number of carbonyl (C=O) groups is 1. The number of hydrogen-bond donors (Lipinski definition) is 1. The maximum absolute atomic E-state index is 11.4. The highest BCUT2D eigenvalue weighted by Gasteiger charge is 2.27. The summed E-state index contributed by atoms with van der Waals surface area (Å²) >= 11 is 0. The topological polar surface area (TPSA) is 38.3 Å². The molecule has 1 aromatic rings. The first-order chi connectivity index (χ1) is 7.25. The van der Waals surface area contributed by atoms with Gasteiger partial charge >= 0.3 is 6.09 Å². The van der Waals surface area contributed by atoms with Crippen LogP contribution in [0.5, 0.6) is 0 Å². The number of hydrogen-bond acceptors (Lipinski definition) is 2. The number of para-hydroxylation sites is 1. The van der Waals surface area contributed by atoms with Crippen molar-refractivity contribution >= 4 is 11.8 Å². The monoisotopic (exact) mass is 203 g/mol. The standard InChI is InChI=1S/C12H13NO2/c1-9(10-7-8-10)15-12(14)13-11-5-3-2-4-6-11/h2-6,10H,1,7-8H2,(H,13,14). The molecule has 1 N–H and O–H groups in total. The summed E-state index contributed by atoms with van der Waals surface area (Å²) in [5.74, 6) is 0.954. The van der Waals surface area contributed by atoms with Crippen LogP contribution in [-0.4, -0.2) is 6.09 Å². The third kappa shape index (κ3) is 2.84. The van der Waals surface area contributed by atoms with E-state index in [1.165, 1.54) is 0 Å². The Balaban J connectivity index is 1.84. The summed E-state index contributed by atoms with van der Waals surface area (Å²) in [6.45, 7) is 3.72. The Morgan fingerprint density at radius 2 is 2.00 bits per heavy atom. The first-order valence-corrected chi connectivity index (χ1v) is 4.98. The van der Waals surface area contributed by atoms with Gasteiger partial charge in [-0.15, -0.1) is 0 Å². The summed E-state index contributed by atoms with van der Waals surface area (Å²) in [7, 11) is 0. The number of allylic oxidation sites excluding steroid dienone is 1. The van der Waals surface area contributed by atoms with Crippen molar-refractivity contribution in [2.45, 2.75) is 12.8 Å². The molecule has 0 atom stereocenters. The number of anilines is 1. The van der Waals surface area contributed by atoms with Crippen LogP contribution < -0.4 is 5.32 Å². The number of rotatable bonds is 3. The fourth-order valence-corrected chi connectivity index (χ4v) is 1.27. The molecule has 0 saturated heterocycles. The Morgan fingerprint density at radius 1 is 1.33 bits per heavy atom. The summed E-state index contributed by atoms with van der Waals surface area (Å²) in [6.07, 6.45) is 1.70. The molecule has 0 unspecified atom stereocenters. The Hall–Kier alpha value is -1.77. The molecule has 2 rings (SSSR count). The van der Waals surface area contributed by atoms with E-state index in [9.17, 15) is 4.79 Å². The van der Waals surface area contributed by atoms with Crippen molar-refractivity contribution in [1.82, 2.24) is 0 Å². The first-order valence-electron chi connectivity index (χ1n) is 4.98. The Kier molecular flexibility index (Phi) is 2.72. The maximum atomic E-state index is 11.4. The van der Waals surface area contributed by atoms with Gasteiger partial charge in [0, 0.05) is 11.6 Å². The molecule has 1 amide bonds. The van der Waals surface area contributed by atoms with Crippen LogP contribution in [0, 0.1) is 5.92 Å². The minimum absolute atomic E-state index is 0.381. The maximum Gasteiger partial charge on any atom is 0.416 e. The Labute approximate surface area is 88.8 Å². The zero-order valence-corrected chi connectivity index (χ0v) is 8.40. The zero-order valence-electron chi connectivity index (χ0n) is 8.40. The van der Waals surface area contributed by atoms with Crippen molar-refractivity contribution < 1.29 is 9.53 Å². The van der Waals surface area contributed by atoms with Gasteiger partial charge in [-0.2, -0.15) is 0 Å². The van der Waals surface area contributed by atoms with E-state index in [0.29, 0.717) is 11.7 Å². The molecule has 0 radical (unpaired) electrons. The van der Waals surface area contributed by atoms with Gasteiger partial charge < -0.3 is 4.74 Å². The molecule has 3 heteroatoms. The summed E-state index contributed by atoms with van der Waals surface area (Å²) in [5.41, 5.74) is 0.728. The van der Waals surface area contributed by atoms with E-state index in [1.807, 2.05) is 18.2 Å². The predicted molar refractivity (Wildman–Crippen MR) is 58.4 cm³/mol. The fraction of sp³-hybridized carbons (Fsp3) is 0.250. The van der Waals surface area contributed by atoms with E-state index in [0.717, 1.165) is 18.5 Å². The molecule has 0 aliphatic heterocycles. The predicted octanol–water partition coefficient (Wildman–Crippen LogP) is 3.16. The third-order valence-corrected chi connectivity index (χ3v) is 2.28. The van der Waals surface area contributed by atoms with E-state index in [-0.39, 0.29) is 0 Å². The van der Waals surface area contributed by atoms with Crippen LogP contribution >= 0.6 is 0 Å². The van der Waals surface area contributed by atoms with Crippen molar-refractivity contribution in [3.63, 3.8) is 0 Å². The number of amides is 1. The zero-order chi connectivity index (χ0) is 10.7. The molecule has 1 fully saturated rings. The highest BCUT2D eigenvalue weighted by Crippen LogP contribution is 2.36. The van der Waals surface area contributed by atoms with Crippen molar-refractivity contribution in [2.75, 3.05) is 5.32 Å². The molecule has 15 heavy (non-hydrogen) atoms. The van der Waals surface area contributed by atoms with E-state index in [1.54, 1.807) is 12.1 Å². The lowest BCUT2D eigenvalue weighted by Gasteiger charge is -2.07. The molecule has 0 heterocycles. The lowest BCUT2D eigenvalue weighted by atomic mass is 10.3. The number of carbonyl (C=O) groups excluding carboxylic acids is 1. The van der Waals surface area contributed by atoms with Crippen molar-refractivity contribution in [1.29, 1.82) is 0 Å². The molecule has 1 aliphatic carbocycles. The van der Waals surface area contributed by atoms with Crippen molar-refractivity contribution in [3.8, 4) is 0 Å². The summed E-state index contributed by atoms with van der Waals surface area (Å²) < 4.78 is 5.03. The van der Waals surface area contributed by atoms with E-state index in [2.05, 4.69) is 11.9 Å². The van der Waals surface area contributed by atoms with Crippen LogP contribution in [0.3, 0.4) is 0 Å². The summed E-state index contributed by atoms with van der Waals surface area (Å²) in [4.78, 5) is 11.4. The lowest BCUT2D eigenvalue weighted by molar-refractivity contribution is 0.187. The first kappa shape index (κ1) is 9.77. The van der Waals surface area contributed by atoms with Gasteiger partial charge in [0.15, 0.2) is 0 Å². The molecule has 0 spiro atoms. The average Bonchev–Trinajstić information content (AvgIpc) is 3.01. The summed E-state index contributed by atoms with van der Waals surface area (Å²) in [6, 6.07) is 9.21. The number of nitrogens with one attached hydrogen (secondary N) is 1. The largest absolute Gasteiger partial charge is 0.416 e. The average molecular weight is 203 g/mol. The Bertz CT molecular complexity index is 368. The third-order valence-electron chi connectivity index (χ3n) is 2.28. The molecular formula is C12H13NO2. The second-order valence-corrected chi connectivity index (χ2v) is 3.62. The van der Waals surface area contributed by atoms with Gasteiger partial charge in [-0.3, -0.25) is 5.32 Å². The minimum Gasteiger partial charge on any atom is -0.415 e. The second kappa shape index (κ2) is 4.17. The van der Waals surface area contributed by atoms with Crippen LogP contribution in [0.15, 0.2) is 42.7 Å². The van der Waals surface area contributed by atoms with Gasteiger partial charge in [0.1, 0.15) is 5.76 Å². The van der Waals surface area contributed by atoms with Crippen molar-refractivity contribution in [2.24, 2.45) is 5.92 Å². The number of ether oxygens (including phenoxy) is 1. The molecule has 1 aromatic carbocycles. The molecule has 78 valence electrons. The molecule has 0 aromatic heterocycles. The SMILES string of the molecule is C=C(OC(=O)Nc1ccccc1)C1CC1. The molecule has 1 saturated carbocycles. The minimum atomic E-state index is -0.460. The Morgan fingerprint density at radius 3 is 2.60 bits per heavy atom. The molecule has 3 nitrogen and oxygen atoms in total. The normalized spacial score (nSPS) is 14.4. The van der Waals surface area contributed by atoms with Crippen LogP contribution in [0.2, 0.25) is 0 Å². The van der Waals surface area contributed by atoms with Crippen LogP contribution in [-0.2, 0) is 4.74 Å². The van der Waals surface area contributed by atoms with Gasteiger partial charge in [-0.25, -0.2) is 4.79 Å². The van der Waals surface area contributed by atoms with Gasteiger partial charge in [0.05, 0.1) is 0 Å². The van der Waals surface area contributed by atoms with Gasteiger partial charge in [-0.1, -0.05) is 24.8 Å². The lowest BCUT2D eigenvalue weighted by Crippen LogP contribution is -2.13. The van der Waals surface area contributed by atoms with Crippen LogP contribution in [0.4, 0.5) is 10.5 Å². The van der Waals surface area contributed by atoms with Gasteiger partial charge in [-0.05, 0) is 25.0 Å². The smallest absolute Gasteiger partial charge is 0.415 e. The van der Waals surface area contributed by atoms with Crippen LogP contribution in [0.1, 0.15) is 12.8 Å². The van der Waals surface area contributed by atoms with E-state index in [4.69, 9.17) is 4.74 Å². The van der Waals surface area contributed by atoms with Crippen LogP contribution in [0.25, 0.3) is 0 Å². The van der Waals surface area contributed by atoms with E-state index >= 15 is 0 Å². The molecule has 0 bridgehead atoms. The highest BCUT2D eigenvalue weighted by atomic mass is 16.6. The number of benzene rings is 1. The van der Waals surface area contributed by atoms with Gasteiger partial charge in [0.2, 0.25) is 0 Å². The molecular weight excluding hydrogens is 190 g/mol. The van der Waals surface area contributed by atoms with E-state index < -0.39 is 6.09 Å². The van der Waals surface area contributed by atoms with Gasteiger partial charge in [0.25, 0.3) is 0 Å². The quantitative estimate of drug-likeness (QED) is 0.766. The molecule has 1 aliphatic rings. The van der Waals surface area contributed by atoms with Crippen molar-refractivity contribution in [3.05, 3.63) is 42.7 Å². The fourth-order valence-electron chi connectivity index (χ4n) is 1.27. The summed E-state index contributed by atoms with van der Waals surface area (Å²) in [5, 5.41) is 2.63. The highest BCUT2D eigenvalue weighted by molar-refractivity contribution is 5.85.